The molecule has 0 radical (unpaired) electrons. The summed E-state index contributed by atoms with van der Waals surface area (Å²) >= 11 is 0. The summed E-state index contributed by atoms with van der Waals surface area (Å²) in [6.07, 6.45) is 1.22. The summed E-state index contributed by atoms with van der Waals surface area (Å²) in [6, 6.07) is 9.08. The van der Waals surface area contributed by atoms with E-state index in [4.69, 9.17) is 20.7 Å². The first kappa shape index (κ1) is 15.8. The molecule has 4 nitrogen and oxygen atoms in total. The second-order valence-electron chi connectivity index (χ2n) is 4.38. The molecular formula is C13H16ClNO3S. The molecule has 1 aromatic rings. The van der Waals surface area contributed by atoms with Crippen molar-refractivity contribution in [1.29, 1.82) is 5.26 Å². The van der Waals surface area contributed by atoms with Crippen LogP contribution in [0.5, 0.6) is 5.75 Å². The number of hydrogen-bond acceptors (Lipinski definition) is 4. The number of nitrogens with zero attached hydrogens (tertiary/aromatic N) is 1. The van der Waals surface area contributed by atoms with Crippen molar-refractivity contribution in [2.75, 3.05) is 12.4 Å². The van der Waals surface area contributed by atoms with E-state index in [1.165, 1.54) is 0 Å². The van der Waals surface area contributed by atoms with Crippen LogP contribution in [0.2, 0.25) is 0 Å². The minimum atomic E-state index is -3.42. The quantitative estimate of drug-likeness (QED) is 0.726. The minimum absolute atomic E-state index is 0.0233. The molecule has 0 N–H and O–H groups in total. The van der Waals surface area contributed by atoms with E-state index in [0.717, 1.165) is 0 Å². The molecule has 19 heavy (non-hydrogen) atoms. The number of ether oxygens (including phenoxy) is 1. The molecule has 6 heteroatoms. The van der Waals surface area contributed by atoms with Crippen LogP contribution >= 0.6 is 10.7 Å². The zero-order chi connectivity index (χ0) is 14.3. The minimum Gasteiger partial charge on any atom is -0.492 e. The van der Waals surface area contributed by atoms with E-state index in [0.29, 0.717) is 30.8 Å². The van der Waals surface area contributed by atoms with Crippen molar-refractivity contribution in [2.45, 2.75) is 19.8 Å². The molecule has 0 aromatic heterocycles. The van der Waals surface area contributed by atoms with Gasteiger partial charge in [0, 0.05) is 10.7 Å². The van der Waals surface area contributed by atoms with Crippen LogP contribution in [-0.2, 0) is 9.05 Å². The Balaban J connectivity index is 2.36. The van der Waals surface area contributed by atoms with Gasteiger partial charge in [0.05, 0.1) is 17.9 Å². The highest BCUT2D eigenvalue weighted by Gasteiger charge is 2.10. The van der Waals surface area contributed by atoms with E-state index < -0.39 is 9.05 Å². The van der Waals surface area contributed by atoms with Gasteiger partial charge in [0.1, 0.15) is 11.8 Å². The van der Waals surface area contributed by atoms with Gasteiger partial charge < -0.3 is 4.74 Å². The number of rotatable bonds is 7. The van der Waals surface area contributed by atoms with Gasteiger partial charge in [0.25, 0.3) is 0 Å². The zero-order valence-electron chi connectivity index (χ0n) is 10.7. The Morgan fingerprint density at radius 1 is 1.37 bits per heavy atom. The smallest absolute Gasteiger partial charge is 0.232 e. The van der Waals surface area contributed by atoms with Gasteiger partial charge in [-0.1, -0.05) is 19.1 Å². The third kappa shape index (κ3) is 6.46. The molecule has 0 bridgehead atoms. The summed E-state index contributed by atoms with van der Waals surface area (Å²) in [7, 11) is 1.73. The Hall–Kier alpha value is -1.25. The molecule has 104 valence electrons. The van der Waals surface area contributed by atoms with Gasteiger partial charge in [-0.05, 0) is 30.9 Å². The first-order valence-electron chi connectivity index (χ1n) is 5.96. The van der Waals surface area contributed by atoms with E-state index in [1.54, 1.807) is 24.3 Å². The number of halogens is 1. The molecule has 0 saturated carbocycles. The number of nitriles is 1. The van der Waals surface area contributed by atoms with E-state index >= 15 is 0 Å². The number of hydrogen-bond donors (Lipinski definition) is 0. The summed E-state index contributed by atoms with van der Waals surface area (Å²) in [5, 5.41) is 8.89. The highest BCUT2D eigenvalue weighted by molar-refractivity contribution is 8.13. The highest BCUT2D eigenvalue weighted by atomic mass is 35.7. The van der Waals surface area contributed by atoms with Crippen molar-refractivity contribution in [3.63, 3.8) is 0 Å². The molecule has 0 aliphatic heterocycles. The lowest BCUT2D eigenvalue weighted by molar-refractivity contribution is 0.281. The van der Waals surface area contributed by atoms with Crippen molar-refractivity contribution in [3.8, 4) is 11.8 Å². The second kappa shape index (κ2) is 7.37. The maximum atomic E-state index is 10.8. The lowest BCUT2D eigenvalue weighted by Gasteiger charge is -2.12. The lowest BCUT2D eigenvalue weighted by Crippen LogP contribution is -2.08. The Kier molecular flexibility index (Phi) is 6.13. The predicted octanol–water partition coefficient (Wildman–Crippen LogP) is 2.92. The van der Waals surface area contributed by atoms with E-state index in [9.17, 15) is 8.42 Å². The van der Waals surface area contributed by atoms with Crippen LogP contribution in [0.1, 0.15) is 25.3 Å². The van der Waals surface area contributed by atoms with Crippen molar-refractivity contribution in [1.82, 2.24) is 0 Å². The molecule has 0 fully saturated rings. The Morgan fingerprint density at radius 2 is 2.05 bits per heavy atom. The normalized spacial score (nSPS) is 12.7. The Labute approximate surface area is 118 Å². The van der Waals surface area contributed by atoms with Crippen LogP contribution in [0.4, 0.5) is 0 Å². The van der Waals surface area contributed by atoms with Crippen LogP contribution in [0.25, 0.3) is 0 Å². The molecule has 0 aliphatic carbocycles. The van der Waals surface area contributed by atoms with Gasteiger partial charge in [-0.3, -0.25) is 0 Å². The van der Waals surface area contributed by atoms with Gasteiger partial charge in [-0.25, -0.2) is 8.42 Å². The van der Waals surface area contributed by atoms with Gasteiger partial charge in [0.2, 0.25) is 9.05 Å². The molecule has 0 saturated heterocycles. The summed E-state index contributed by atoms with van der Waals surface area (Å²) < 4.78 is 27.2. The SMILES string of the molecule is CC(CCOc1ccccc1C#N)CCS(=O)(=O)Cl. The lowest BCUT2D eigenvalue weighted by atomic mass is 10.1. The van der Waals surface area contributed by atoms with Gasteiger partial charge in [0.15, 0.2) is 0 Å². The topological polar surface area (TPSA) is 67.2 Å². The molecule has 1 rings (SSSR count). The van der Waals surface area contributed by atoms with E-state index in [-0.39, 0.29) is 11.7 Å². The largest absolute Gasteiger partial charge is 0.492 e. The van der Waals surface area contributed by atoms with Crippen molar-refractivity contribution in [3.05, 3.63) is 29.8 Å². The van der Waals surface area contributed by atoms with E-state index in [1.807, 2.05) is 6.92 Å². The molecule has 1 aromatic carbocycles. The van der Waals surface area contributed by atoms with Gasteiger partial charge in [-0.2, -0.15) is 5.26 Å². The molecule has 0 spiro atoms. The summed E-state index contributed by atoms with van der Waals surface area (Å²) in [4.78, 5) is 0. The summed E-state index contributed by atoms with van der Waals surface area (Å²) in [5.74, 6) is 0.731. The molecule has 1 atom stereocenters. The Bertz CT molecular complexity index is 551. The van der Waals surface area contributed by atoms with Crippen LogP contribution in [0.3, 0.4) is 0 Å². The molecule has 0 amide bonds. The summed E-state index contributed by atoms with van der Waals surface area (Å²) in [5.41, 5.74) is 0.499. The van der Waals surface area contributed by atoms with Crippen LogP contribution < -0.4 is 4.74 Å². The monoisotopic (exact) mass is 301 g/mol. The fourth-order valence-electron chi connectivity index (χ4n) is 1.54. The molecule has 0 aliphatic rings. The van der Waals surface area contributed by atoms with E-state index in [2.05, 4.69) is 6.07 Å². The Morgan fingerprint density at radius 3 is 2.68 bits per heavy atom. The van der Waals surface area contributed by atoms with Crippen molar-refractivity contribution in [2.24, 2.45) is 5.92 Å². The highest BCUT2D eigenvalue weighted by Crippen LogP contribution is 2.18. The van der Waals surface area contributed by atoms with Crippen molar-refractivity contribution < 1.29 is 13.2 Å². The van der Waals surface area contributed by atoms with Crippen LogP contribution in [0.15, 0.2) is 24.3 Å². The maximum Gasteiger partial charge on any atom is 0.232 e. The van der Waals surface area contributed by atoms with Crippen LogP contribution in [0, 0.1) is 17.2 Å². The first-order valence-corrected chi connectivity index (χ1v) is 8.44. The van der Waals surface area contributed by atoms with Crippen molar-refractivity contribution >= 4 is 19.7 Å². The number of para-hydroxylation sites is 1. The predicted molar refractivity (Wildman–Crippen MR) is 74.7 cm³/mol. The average Bonchev–Trinajstić information content (AvgIpc) is 2.36. The van der Waals surface area contributed by atoms with Gasteiger partial charge in [-0.15, -0.1) is 0 Å². The summed E-state index contributed by atoms with van der Waals surface area (Å²) in [6.45, 7) is 2.39. The van der Waals surface area contributed by atoms with Gasteiger partial charge >= 0.3 is 0 Å². The second-order valence-corrected chi connectivity index (χ2v) is 7.28. The number of benzene rings is 1. The third-order valence-corrected chi connectivity index (χ3v) is 3.92. The van der Waals surface area contributed by atoms with Crippen LogP contribution in [-0.4, -0.2) is 20.8 Å². The fourth-order valence-corrected chi connectivity index (χ4v) is 2.49. The molecular weight excluding hydrogens is 286 g/mol. The maximum absolute atomic E-state index is 10.8. The molecule has 1 unspecified atom stereocenters. The third-order valence-electron chi connectivity index (χ3n) is 2.73. The zero-order valence-corrected chi connectivity index (χ0v) is 12.2. The first-order chi connectivity index (χ1) is 8.92. The average molecular weight is 302 g/mol. The fraction of sp³-hybridized carbons (Fsp3) is 0.462. The standard InChI is InChI=1S/C13H16ClNO3S/c1-11(7-9-19(14,16)17)6-8-18-13-5-3-2-4-12(13)10-15/h2-5,11H,6-9H2,1H3. The molecule has 0 heterocycles.